The number of rotatable bonds is 2. The van der Waals surface area contributed by atoms with Crippen molar-refractivity contribution in [2.45, 2.75) is 44.7 Å². The van der Waals surface area contributed by atoms with E-state index in [1.54, 1.807) is 6.92 Å². The Morgan fingerprint density at radius 2 is 1.62 bits per heavy atom. The fourth-order valence-corrected chi connectivity index (χ4v) is 3.71. The zero-order chi connectivity index (χ0) is 14.1. The quantitative estimate of drug-likeness (QED) is 0.838. The fraction of sp³-hybridized carbons (Fsp3) is 0.588. The van der Waals surface area contributed by atoms with Crippen LogP contribution in [0.2, 0.25) is 0 Å². The first-order valence-electron chi connectivity index (χ1n) is 7.69. The maximum absolute atomic E-state index is 11.4. The molecular formula is C17H25ClN2O. The molecule has 4 heteroatoms. The molecule has 1 amide bonds. The topological polar surface area (TPSA) is 23.6 Å². The van der Waals surface area contributed by atoms with Crippen molar-refractivity contribution in [2.24, 2.45) is 0 Å². The molecule has 0 bridgehead atoms. The largest absolute Gasteiger partial charge is 0.343 e. The highest BCUT2D eigenvalue weighted by molar-refractivity contribution is 5.85. The van der Waals surface area contributed by atoms with E-state index in [0.717, 1.165) is 25.9 Å². The summed E-state index contributed by atoms with van der Waals surface area (Å²) in [4.78, 5) is 15.9. The molecule has 3 rings (SSSR count). The standard InChI is InChI=1S/C17H24N2O.ClH/c1-13(20)19-9-7-16(8-10-19)18(2)17-11-14-5-3-4-6-15(14)12-17;/h3-6,16-17H,7-12H2,1-2H3;1H. The van der Waals surface area contributed by atoms with E-state index in [-0.39, 0.29) is 18.3 Å². The Morgan fingerprint density at radius 3 is 2.10 bits per heavy atom. The molecular weight excluding hydrogens is 284 g/mol. The van der Waals surface area contributed by atoms with E-state index in [1.165, 1.54) is 24.0 Å². The summed E-state index contributed by atoms with van der Waals surface area (Å²) < 4.78 is 0. The van der Waals surface area contributed by atoms with Gasteiger partial charge in [0.25, 0.3) is 0 Å². The third-order valence-electron chi connectivity index (χ3n) is 5.09. The van der Waals surface area contributed by atoms with E-state index < -0.39 is 0 Å². The maximum Gasteiger partial charge on any atom is 0.219 e. The van der Waals surface area contributed by atoms with Crippen LogP contribution in [-0.2, 0) is 17.6 Å². The Balaban J connectivity index is 0.00000161. The third kappa shape index (κ3) is 3.41. The molecule has 2 aliphatic rings. The Kier molecular flexibility index (Phi) is 5.28. The number of halogens is 1. The van der Waals surface area contributed by atoms with Crippen molar-refractivity contribution in [3.8, 4) is 0 Å². The molecule has 0 unspecified atom stereocenters. The van der Waals surface area contributed by atoms with Crippen molar-refractivity contribution in [3.63, 3.8) is 0 Å². The third-order valence-corrected chi connectivity index (χ3v) is 5.09. The van der Waals surface area contributed by atoms with E-state index in [9.17, 15) is 4.79 Å². The maximum atomic E-state index is 11.4. The summed E-state index contributed by atoms with van der Waals surface area (Å²) in [5.41, 5.74) is 3.04. The van der Waals surface area contributed by atoms with Gasteiger partial charge >= 0.3 is 0 Å². The van der Waals surface area contributed by atoms with Crippen LogP contribution in [0.15, 0.2) is 24.3 Å². The van der Waals surface area contributed by atoms with Gasteiger partial charge in [0.05, 0.1) is 0 Å². The highest BCUT2D eigenvalue weighted by Crippen LogP contribution is 2.28. The SMILES string of the molecule is CC(=O)N1CCC(N(C)C2Cc3ccccc3C2)CC1.Cl. The molecule has 0 radical (unpaired) electrons. The molecule has 1 aromatic carbocycles. The second-order valence-corrected chi connectivity index (χ2v) is 6.23. The molecule has 0 saturated carbocycles. The molecule has 1 aliphatic heterocycles. The zero-order valence-electron chi connectivity index (χ0n) is 12.9. The first-order chi connectivity index (χ1) is 9.65. The number of carbonyl (C=O) groups is 1. The molecule has 116 valence electrons. The Labute approximate surface area is 133 Å². The van der Waals surface area contributed by atoms with Crippen molar-refractivity contribution >= 4 is 18.3 Å². The Bertz CT molecular complexity index is 472. The summed E-state index contributed by atoms with van der Waals surface area (Å²) in [5, 5.41) is 0. The lowest BCUT2D eigenvalue weighted by Crippen LogP contribution is -2.48. The van der Waals surface area contributed by atoms with Gasteiger partial charge in [-0.25, -0.2) is 0 Å². The van der Waals surface area contributed by atoms with Gasteiger partial charge in [0.2, 0.25) is 5.91 Å². The van der Waals surface area contributed by atoms with Crippen molar-refractivity contribution in [1.29, 1.82) is 0 Å². The second kappa shape index (κ2) is 6.80. The average Bonchev–Trinajstić information content (AvgIpc) is 2.90. The lowest BCUT2D eigenvalue weighted by molar-refractivity contribution is -0.130. The number of likely N-dealkylation sites (tertiary alicyclic amines) is 1. The minimum absolute atomic E-state index is 0. The van der Waals surface area contributed by atoms with Crippen molar-refractivity contribution in [3.05, 3.63) is 35.4 Å². The van der Waals surface area contributed by atoms with Gasteiger partial charge in [0.1, 0.15) is 0 Å². The monoisotopic (exact) mass is 308 g/mol. The van der Waals surface area contributed by atoms with E-state index in [4.69, 9.17) is 0 Å². The van der Waals surface area contributed by atoms with Gasteiger partial charge in [-0.05, 0) is 43.9 Å². The van der Waals surface area contributed by atoms with Crippen LogP contribution < -0.4 is 0 Å². The Hall–Kier alpha value is -1.06. The summed E-state index contributed by atoms with van der Waals surface area (Å²) in [6.07, 6.45) is 4.59. The number of amides is 1. The van der Waals surface area contributed by atoms with Crippen LogP contribution >= 0.6 is 12.4 Å². The highest BCUT2D eigenvalue weighted by Gasteiger charge is 2.31. The number of hydrogen-bond donors (Lipinski definition) is 0. The normalized spacial score (nSPS) is 19.5. The number of likely N-dealkylation sites (N-methyl/N-ethyl adjacent to an activating group) is 1. The molecule has 1 heterocycles. The minimum atomic E-state index is 0. The molecule has 1 fully saturated rings. The molecule has 1 saturated heterocycles. The molecule has 0 atom stereocenters. The summed E-state index contributed by atoms with van der Waals surface area (Å²) >= 11 is 0. The number of piperidine rings is 1. The van der Waals surface area contributed by atoms with Crippen LogP contribution in [0.25, 0.3) is 0 Å². The van der Waals surface area contributed by atoms with Crippen LogP contribution in [0.1, 0.15) is 30.9 Å². The van der Waals surface area contributed by atoms with Crippen molar-refractivity contribution < 1.29 is 4.79 Å². The van der Waals surface area contributed by atoms with Crippen LogP contribution in [-0.4, -0.2) is 47.9 Å². The summed E-state index contributed by atoms with van der Waals surface area (Å²) in [5.74, 6) is 0.222. The fourth-order valence-electron chi connectivity index (χ4n) is 3.71. The number of fused-ring (bicyclic) bond motifs is 1. The van der Waals surface area contributed by atoms with Crippen LogP contribution in [0.4, 0.5) is 0 Å². The second-order valence-electron chi connectivity index (χ2n) is 6.23. The number of hydrogen-bond acceptors (Lipinski definition) is 2. The van der Waals surface area contributed by atoms with Crippen LogP contribution in [0.3, 0.4) is 0 Å². The van der Waals surface area contributed by atoms with Gasteiger partial charge in [-0.1, -0.05) is 24.3 Å². The predicted octanol–water partition coefficient (Wildman–Crippen LogP) is 2.52. The lowest BCUT2D eigenvalue weighted by Gasteiger charge is -2.39. The van der Waals surface area contributed by atoms with Crippen LogP contribution in [0, 0.1) is 0 Å². The van der Waals surface area contributed by atoms with Gasteiger partial charge < -0.3 is 4.90 Å². The molecule has 0 N–H and O–H groups in total. The van der Waals surface area contributed by atoms with Crippen molar-refractivity contribution in [1.82, 2.24) is 9.80 Å². The van der Waals surface area contributed by atoms with Gasteiger partial charge in [-0.3, -0.25) is 9.69 Å². The lowest BCUT2D eigenvalue weighted by atomic mass is 10.0. The first-order valence-corrected chi connectivity index (χ1v) is 7.69. The van der Waals surface area contributed by atoms with E-state index in [1.807, 2.05) is 4.90 Å². The van der Waals surface area contributed by atoms with Gasteiger partial charge in [-0.15, -0.1) is 12.4 Å². The predicted molar refractivity (Wildman–Crippen MR) is 87.9 cm³/mol. The van der Waals surface area contributed by atoms with Gasteiger partial charge in [0.15, 0.2) is 0 Å². The average molecular weight is 309 g/mol. The summed E-state index contributed by atoms with van der Waals surface area (Å²) in [7, 11) is 2.27. The minimum Gasteiger partial charge on any atom is -0.343 e. The summed E-state index contributed by atoms with van der Waals surface area (Å²) in [6.45, 7) is 3.52. The Morgan fingerprint density at radius 1 is 1.10 bits per heavy atom. The number of benzene rings is 1. The van der Waals surface area contributed by atoms with Crippen molar-refractivity contribution in [2.75, 3.05) is 20.1 Å². The molecule has 21 heavy (non-hydrogen) atoms. The smallest absolute Gasteiger partial charge is 0.219 e. The van der Waals surface area contributed by atoms with Gasteiger partial charge in [0, 0.05) is 32.1 Å². The zero-order valence-corrected chi connectivity index (χ0v) is 13.7. The highest BCUT2D eigenvalue weighted by atomic mass is 35.5. The summed E-state index contributed by atoms with van der Waals surface area (Å²) in [6, 6.07) is 10.1. The molecule has 0 aromatic heterocycles. The molecule has 1 aliphatic carbocycles. The first kappa shape index (κ1) is 16.3. The molecule has 1 aromatic rings. The molecule has 0 spiro atoms. The van der Waals surface area contributed by atoms with E-state index in [2.05, 4.69) is 36.2 Å². The number of nitrogens with zero attached hydrogens (tertiary/aromatic N) is 2. The van der Waals surface area contributed by atoms with Gasteiger partial charge in [-0.2, -0.15) is 0 Å². The van der Waals surface area contributed by atoms with Crippen LogP contribution in [0.5, 0.6) is 0 Å². The van der Waals surface area contributed by atoms with E-state index >= 15 is 0 Å². The number of carbonyl (C=O) groups excluding carboxylic acids is 1. The van der Waals surface area contributed by atoms with E-state index in [0.29, 0.717) is 12.1 Å². The molecule has 3 nitrogen and oxygen atoms in total.